The number of halogens is 4. The van der Waals surface area contributed by atoms with E-state index in [-0.39, 0.29) is 10.8 Å². The fourth-order valence-corrected chi connectivity index (χ4v) is 2.28. The van der Waals surface area contributed by atoms with Gasteiger partial charge < -0.3 is 5.32 Å². The molecule has 2 aromatic rings. The maximum Gasteiger partial charge on any atom is 0.416 e. The number of anilines is 1. The Balaban J connectivity index is 2.33. The third-order valence-corrected chi connectivity index (χ3v) is 3.39. The molecule has 0 aromatic carbocycles. The molecule has 0 amide bonds. The fraction of sp³-hybridized carbons (Fsp3) is 0.167. The van der Waals surface area contributed by atoms with Gasteiger partial charge in [-0.05, 0) is 24.3 Å². The molecule has 1 N–H and O–H groups in total. The Hall–Kier alpha value is -1.47. The predicted octanol–water partition coefficient (Wildman–Crippen LogP) is 4.34. The van der Waals surface area contributed by atoms with Crippen molar-refractivity contribution in [3.05, 3.63) is 41.0 Å². The summed E-state index contributed by atoms with van der Waals surface area (Å²) in [5.74, 6) is 0.149. The minimum absolute atomic E-state index is 0.149. The summed E-state index contributed by atoms with van der Waals surface area (Å²) < 4.78 is 38.3. The Kier molecular flexibility index (Phi) is 4.39. The first-order valence-corrected chi connectivity index (χ1v) is 6.64. The van der Waals surface area contributed by atoms with Crippen LogP contribution in [-0.2, 0) is 6.18 Å². The van der Waals surface area contributed by atoms with Crippen LogP contribution < -0.4 is 5.32 Å². The highest BCUT2D eigenvalue weighted by atomic mass is 35.5. The number of rotatable bonds is 3. The zero-order chi connectivity index (χ0) is 14.8. The van der Waals surface area contributed by atoms with E-state index in [0.717, 1.165) is 23.9 Å². The number of nitrogens with zero attached hydrogens (tertiary/aromatic N) is 2. The summed E-state index contributed by atoms with van der Waals surface area (Å²) in [6, 6.07) is 5.18. The molecule has 0 atom stereocenters. The summed E-state index contributed by atoms with van der Waals surface area (Å²) in [7, 11) is 1.51. The van der Waals surface area contributed by atoms with E-state index < -0.39 is 11.7 Å². The fourth-order valence-electron chi connectivity index (χ4n) is 1.38. The van der Waals surface area contributed by atoms with Crippen molar-refractivity contribution in [3.63, 3.8) is 0 Å². The van der Waals surface area contributed by atoms with E-state index in [1.807, 2.05) is 0 Å². The van der Waals surface area contributed by atoms with E-state index in [9.17, 15) is 13.2 Å². The Morgan fingerprint density at radius 2 is 1.95 bits per heavy atom. The van der Waals surface area contributed by atoms with Gasteiger partial charge in [0.1, 0.15) is 15.9 Å². The maximum absolute atomic E-state index is 12.8. The number of alkyl halides is 3. The maximum atomic E-state index is 12.8. The van der Waals surface area contributed by atoms with Gasteiger partial charge >= 0.3 is 6.18 Å². The summed E-state index contributed by atoms with van der Waals surface area (Å²) in [5, 5.41) is 3.79. The van der Waals surface area contributed by atoms with Gasteiger partial charge in [0.25, 0.3) is 0 Å². The van der Waals surface area contributed by atoms with E-state index in [1.165, 1.54) is 13.2 Å². The van der Waals surface area contributed by atoms with Gasteiger partial charge in [-0.15, -0.1) is 0 Å². The molecule has 0 unspecified atom stereocenters. The molecule has 0 radical (unpaired) electrons. The molecule has 0 saturated heterocycles. The molecule has 20 heavy (non-hydrogen) atoms. The van der Waals surface area contributed by atoms with Crippen LogP contribution in [0.5, 0.6) is 0 Å². The van der Waals surface area contributed by atoms with Crippen LogP contribution in [0.2, 0.25) is 5.02 Å². The third-order valence-electron chi connectivity index (χ3n) is 2.29. The molecule has 0 aliphatic carbocycles. The van der Waals surface area contributed by atoms with E-state index in [0.29, 0.717) is 10.0 Å². The second kappa shape index (κ2) is 5.88. The lowest BCUT2D eigenvalue weighted by molar-refractivity contribution is -0.137. The molecule has 2 rings (SSSR count). The molecule has 3 nitrogen and oxygen atoms in total. The van der Waals surface area contributed by atoms with Gasteiger partial charge in [-0.3, -0.25) is 0 Å². The SMILES string of the molecule is CNc1cc(C(F)(F)F)cc(Sc2ccc(Cl)cn2)n1. The highest BCUT2D eigenvalue weighted by Crippen LogP contribution is 2.34. The van der Waals surface area contributed by atoms with Gasteiger partial charge in [0.2, 0.25) is 0 Å². The van der Waals surface area contributed by atoms with Gasteiger partial charge in [-0.2, -0.15) is 13.2 Å². The molecule has 2 heterocycles. The zero-order valence-corrected chi connectivity index (χ0v) is 11.8. The van der Waals surface area contributed by atoms with Crippen LogP contribution in [0.4, 0.5) is 19.0 Å². The van der Waals surface area contributed by atoms with Crippen LogP contribution in [0, 0.1) is 0 Å². The van der Waals surface area contributed by atoms with E-state index in [4.69, 9.17) is 11.6 Å². The van der Waals surface area contributed by atoms with Crippen LogP contribution in [0.3, 0.4) is 0 Å². The summed E-state index contributed by atoms with van der Waals surface area (Å²) in [6.07, 6.45) is -2.99. The van der Waals surface area contributed by atoms with Gasteiger partial charge in [-0.1, -0.05) is 23.4 Å². The van der Waals surface area contributed by atoms with Crippen molar-refractivity contribution in [2.45, 2.75) is 16.2 Å². The minimum Gasteiger partial charge on any atom is -0.373 e. The van der Waals surface area contributed by atoms with E-state index in [2.05, 4.69) is 15.3 Å². The second-order valence-electron chi connectivity index (χ2n) is 3.74. The van der Waals surface area contributed by atoms with E-state index in [1.54, 1.807) is 12.1 Å². The van der Waals surface area contributed by atoms with Gasteiger partial charge in [0.15, 0.2) is 0 Å². The molecular weight excluding hydrogens is 311 g/mol. The molecule has 8 heteroatoms. The molecule has 2 aromatic heterocycles. The average molecular weight is 320 g/mol. The lowest BCUT2D eigenvalue weighted by atomic mass is 10.2. The molecule has 0 fully saturated rings. The van der Waals surface area contributed by atoms with Crippen molar-refractivity contribution in [3.8, 4) is 0 Å². The molecule has 0 bridgehead atoms. The minimum atomic E-state index is -4.42. The summed E-state index contributed by atoms with van der Waals surface area (Å²) in [5.41, 5.74) is -0.756. The monoisotopic (exact) mass is 319 g/mol. The number of pyridine rings is 2. The topological polar surface area (TPSA) is 37.8 Å². The van der Waals surface area contributed by atoms with Crippen LogP contribution in [0.15, 0.2) is 40.5 Å². The van der Waals surface area contributed by atoms with Gasteiger partial charge in [0.05, 0.1) is 10.6 Å². The van der Waals surface area contributed by atoms with Crippen molar-refractivity contribution in [1.29, 1.82) is 0 Å². The lowest BCUT2D eigenvalue weighted by Gasteiger charge is -2.10. The van der Waals surface area contributed by atoms with Gasteiger partial charge in [0, 0.05) is 13.2 Å². The molecule has 106 valence electrons. The lowest BCUT2D eigenvalue weighted by Crippen LogP contribution is -2.07. The Morgan fingerprint density at radius 1 is 1.20 bits per heavy atom. The number of hydrogen-bond donors (Lipinski definition) is 1. The zero-order valence-electron chi connectivity index (χ0n) is 10.2. The Bertz CT molecular complexity index is 602. The van der Waals surface area contributed by atoms with Crippen LogP contribution >= 0.6 is 23.4 Å². The van der Waals surface area contributed by atoms with Crippen molar-refractivity contribution in [2.75, 3.05) is 12.4 Å². The summed E-state index contributed by atoms with van der Waals surface area (Å²) >= 11 is 6.74. The van der Waals surface area contributed by atoms with Crippen LogP contribution in [0.1, 0.15) is 5.56 Å². The molecule has 0 spiro atoms. The molecular formula is C12H9ClF3N3S. The number of nitrogens with one attached hydrogen (secondary N) is 1. The Labute approximate surface area is 122 Å². The Morgan fingerprint density at radius 3 is 2.50 bits per heavy atom. The van der Waals surface area contributed by atoms with Crippen LogP contribution in [-0.4, -0.2) is 17.0 Å². The first-order valence-electron chi connectivity index (χ1n) is 5.45. The van der Waals surface area contributed by atoms with Crippen molar-refractivity contribution < 1.29 is 13.2 Å². The number of aromatic nitrogens is 2. The largest absolute Gasteiger partial charge is 0.416 e. The molecule has 0 aliphatic rings. The highest BCUT2D eigenvalue weighted by molar-refractivity contribution is 7.99. The quantitative estimate of drug-likeness (QED) is 0.913. The highest BCUT2D eigenvalue weighted by Gasteiger charge is 2.31. The van der Waals surface area contributed by atoms with Gasteiger partial charge in [-0.25, -0.2) is 9.97 Å². The van der Waals surface area contributed by atoms with Crippen LogP contribution in [0.25, 0.3) is 0 Å². The first-order chi connectivity index (χ1) is 9.38. The number of hydrogen-bond acceptors (Lipinski definition) is 4. The third kappa shape index (κ3) is 3.77. The normalized spacial score (nSPS) is 11.4. The molecule has 0 aliphatic heterocycles. The second-order valence-corrected chi connectivity index (χ2v) is 5.22. The first kappa shape index (κ1) is 14.9. The van der Waals surface area contributed by atoms with Crippen molar-refractivity contribution in [2.24, 2.45) is 0 Å². The molecule has 0 saturated carbocycles. The standard InChI is InChI=1S/C12H9ClF3N3S/c1-17-9-4-7(12(14,15)16)5-11(19-9)20-10-3-2-8(13)6-18-10/h2-6H,1H3,(H,17,19). The van der Waals surface area contributed by atoms with Crippen molar-refractivity contribution in [1.82, 2.24) is 9.97 Å². The van der Waals surface area contributed by atoms with E-state index >= 15 is 0 Å². The summed E-state index contributed by atoms with van der Waals surface area (Å²) in [4.78, 5) is 8.07. The average Bonchev–Trinajstić information content (AvgIpc) is 2.40. The predicted molar refractivity (Wildman–Crippen MR) is 72.2 cm³/mol. The summed E-state index contributed by atoms with van der Waals surface area (Å²) in [6.45, 7) is 0. The van der Waals surface area contributed by atoms with Crippen molar-refractivity contribution >= 4 is 29.2 Å². The smallest absolute Gasteiger partial charge is 0.373 e.